The zero-order valence-electron chi connectivity index (χ0n) is 9.77. The predicted octanol–water partition coefficient (Wildman–Crippen LogP) is 2.89. The van der Waals surface area contributed by atoms with E-state index in [0.29, 0.717) is 5.75 Å². The van der Waals surface area contributed by atoms with Gasteiger partial charge >= 0.3 is 0 Å². The van der Waals surface area contributed by atoms with Crippen molar-refractivity contribution in [3.63, 3.8) is 0 Å². The third-order valence-electron chi connectivity index (χ3n) is 3.31. The summed E-state index contributed by atoms with van der Waals surface area (Å²) < 4.78 is 0. The van der Waals surface area contributed by atoms with Crippen LogP contribution in [0.5, 0.6) is 5.75 Å². The van der Waals surface area contributed by atoms with Crippen molar-refractivity contribution in [2.75, 3.05) is 0 Å². The Labute approximate surface area is 101 Å². The molecule has 2 aromatic rings. The van der Waals surface area contributed by atoms with Gasteiger partial charge in [0.05, 0.1) is 6.04 Å². The smallest absolute Gasteiger partial charge is 0.115 e. The van der Waals surface area contributed by atoms with Gasteiger partial charge in [0.2, 0.25) is 0 Å². The van der Waals surface area contributed by atoms with E-state index in [1.165, 1.54) is 22.3 Å². The Morgan fingerprint density at radius 2 is 2.06 bits per heavy atom. The van der Waals surface area contributed by atoms with E-state index >= 15 is 0 Å². The van der Waals surface area contributed by atoms with Crippen molar-refractivity contribution in [2.24, 2.45) is 0 Å². The summed E-state index contributed by atoms with van der Waals surface area (Å²) in [6.07, 6.45) is 0. The highest BCUT2D eigenvalue weighted by atomic mass is 16.3. The number of aryl methyl sites for hydroxylation is 1. The molecule has 86 valence electrons. The summed E-state index contributed by atoms with van der Waals surface area (Å²) in [5.74, 6) is 0.343. The highest BCUT2D eigenvalue weighted by molar-refractivity contribution is 5.44. The maximum absolute atomic E-state index is 9.47. The van der Waals surface area contributed by atoms with Crippen molar-refractivity contribution in [3.05, 3.63) is 64.7 Å². The summed E-state index contributed by atoms with van der Waals surface area (Å²) in [6.45, 7) is 2.93. The van der Waals surface area contributed by atoms with Crippen molar-refractivity contribution in [1.29, 1.82) is 0 Å². The van der Waals surface area contributed by atoms with E-state index in [1.54, 1.807) is 6.07 Å². The number of phenolic OH excluding ortho intramolecular Hbond substituents is 1. The molecule has 1 atom stereocenters. The highest BCUT2D eigenvalue weighted by Crippen LogP contribution is 2.32. The Hall–Kier alpha value is -1.80. The van der Waals surface area contributed by atoms with Gasteiger partial charge in [0.15, 0.2) is 0 Å². The van der Waals surface area contributed by atoms with Crippen molar-refractivity contribution in [1.82, 2.24) is 5.32 Å². The van der Waals surface area contributed by atoms with Crippen molar-refractivity contribution >= 4 is 0 Å². The second-order valence-electron chi connectivity index (χ2n) is 4.61. The molecule has 0 aliphatic carbocycles. The Kier molecular flexibility index (Phi) is 2.37. The molecule has 0 saturated carbocycles. The van der Waals surface area contributed by atoms with Crippen molar-refractivity contribution in [3.8, 4) is 5.75 Å². The molecule has 3 rings (SSSR count). The maximum atomic E-state index is 9.47. The lowest BCUT2D eigenvalue weighted by Gasteiger charge is -2.13. The molecular weight excluding hydrogens is 210 g/mol. The lowest BCUT2D eigenvalue weighted by Crippen LogP contribution is -2.13. The van der Waals surface area contributed by atoms with Gasteiger partial charge in [0.1, 0.15) is 5.75 Å². The van der Waals surface area contributed by atoms with E-state index in [2.05, 4.69) is 36.5 Å². The van der Waals surface area contributed by atoms with E-state index in [1.807, 2.05) is 12.1 Å². The van der Waals surface area contributed by atoms with E-state index in [4.69, 9.17) is 0 Å². The molecule has 0 amide bonds. The third kappa shape index (κ3) is 1.81. The highest BCUT2D eigenvalue weighted by Gasteiger charge is 2.23. The SMILES string of the molecule is Cc1cccc(C2NCc3cc(O)ccc32)c1. The molecule has 2 N–H and O–H groups in total. The largest absolute Gasteiger partial charge is 0.508 e. The molecule has 0 bridgehead atoms. The van der Waals surface area contributed by atoms with Crippen LogP contribution in [-0.2, 0) is 6.54 Å². The van der Waals surface area contributed by atoms with Crippen molar-refractivity contribution < 1.29 is 5.11 Å². The molecule has 2 nitrogen and oxygen atoms in total. The van der Waals surface area contributed by atoms with Gasteiger partial charge in [-0.1, -0.05) is 35.9 Å². The van der Waals surface area contributed by atoms with Crippen LogP contribution >= 0.6 is 0 Å². The van der Waals surface area contributed by atoms with Gasteiger partial charge in [-0.15, -0.1) is 0 Å². The number of hydrogen-bond acceptors (Lipinski definition) is 2. The Bertz CT molecular complexity index is 563. The van der Waals surface area contributed by atoms with Crippen LogP contribution in [0.3, 0.4) is 0 Å². The standard InChI is InChI=1S/C15H15NO/c1-10-3-2-4-11(7-10)15-14-6-5-13(17)8-12(14)9-16-15/h2-8,15-17H,9H2,1H3. The van der Waals surface area contributed by atoms with Crippen molar-refractivity contribution in [2.45, 2.75) is 19.5 Å². The van der Waals surface area contributed by atoms with Crippen LogP contribution < -0.4 is 5.32 Å². The molecule has 1 unspecified atom stereocenters. The lowest BCUT2D eigenvalue weighted by molar-refractivity contribution is 0.474. The first-order valence-electron chi connectivity index (χ1n) is 5.86. The molecule has 1 aliphatic rings. The number of hydrogen-bond donors (Lipinski definition) is 2. The van der Waals surface area contributed by atoms with Gasteiger partial charge in [0.25, 0.3) is 0 Å². The summed E-state index contributed by atoms with van der Waals surface area (Å²) in [4.78, 5) is 0. The molecule has 0 saturated heterocycles. The summed E-state index contributed by atoms with van der Waals surface area (Å²) >= 11 is 0. The number of nitrogens with one attached hydrogen (secondary N) is 1. The first-order valence-corrected chi connectivity index (χ1v) is 5.86. The van der Waals surface area contributed by atoms with E-state index < -0.39 is 0 Å². The van der Waals surface area contributed by atoms with Gasteiger partial charge in [0, 0.05) is 6.54 Å². The van der Waals surface area contributed by atoms with Crippen LogP contribution in [-0.4, -0.2) is 5.11 Å². The van der Waals surface area contributed by atoms with E-state index in [0.717, 1.165) is 6.54 Å². The monoisotopic (exact) mass is 225 g/mol. The molecule has 1 heterocycles. The minimum absolute atomic E-state index is 0.255. The van der Waals surface area contributed by atoms with Gasteiger partial charge in [-0.3, -0.25) is 0 Å². The first-order chi connectivity index (χ1) is 8.24. The quantitative estimate of drug-likeness (QED) is 0.782. The van der Waals surface area contributed by atoms with Crippen LogP contribution in [0.4, 0.5) is 0 Å². The second-order valence-corrected chi connectivity index (χ2v) is 4.61. The van der Waals surface area contributed by atoms with Crippen LogP contribution in [0, 0.1) is 6.92 Å². The molecule has 17 heavy (non-hydrogen) atoms. The molecular formula is C15H15NO. The average Bonchev–Trinajstić information content (AvgIpc) is 2.71. The van der Waals surface area contributed by atoms with Crippen LogP contribution in [0.15, 0.2) is 42.5 Å². The van der Waals surface area contributed by atoms with Gasteiger partial charge < -0.3 is 10.4 Å². The maximum Gasteiger partial charge on any atom is 0.115 e. The topological polar surface area (TPSA) is 32.3 Å². The first kappa shape index (κ1) is 10.4. The minimum Gasteiger partial charge on any atom is -0.508 e. The molecule has 2 heteroatoms. The fourth-order valence-electron chi connectivity index (χ4n) is 2.50. The second kappa shape index (κ2) is 3.90. The van der Waals surface area contributed by atoms with Gasteiger partial charge in [-0.2, -0.15) is 0 Å². The minimum atomic E-state index is 0.255. The van der Waals surface area contributed by atoms with Crippen LogP contribution in [0.25, 0.3) is 0 Å². The molecule has 0 spiro atoms. The fourth-order valence-corrected chi connectivity index (χ4v) is 2.50. The molecule has 2 aromatic carbocycles. The normalized spacial score (nSPS) is 18.1. The molecule has 0 radical (unpaired) electrons. The molecule has 1 aliphatic heterocycles. The zero-order valence-corrected chi connectivity index (χ0v) is 9.77. The van der Waals surface area contributed by atoms with Gasteiger partial charge in [-0.05, 0) is 35.7 Å². The van der Waals surface area contributed by atoms with Crippen LogP contribution in [0.1, 0.15) is 28.3 Å². The summed E-state index contributed by atoms with van der Waals surface area (Å²) in [7, 11) is 0. The fraction of sp³-hybridized carbons (Fsp3) is 0.200. The lowest BCUT2D eigenvalue weighted by atomic mass is 9.97. The van der Waals surface area contributed by atoms with E-state index in [-0.39, 0.29) is 6.04 Å². The number of rotatable bonds is 1. The Morgan fingerprint density at radius 1 is 1.18 bits per heavy atom. The summed E-state index contributed by atoms with van der Waals surface area (Å²) in [5, 5.41) is 13.0. The number of aromatic hydroxyl groups is 1. The number of fused-ring (bicyclic) bond motifs is 1. The molecule has 0 aromatic heterocycles. The Balaban J connectivity index is 2.04. The Morgan fingerprint density at radius 3 is 2.88 bits per heavy atom. The summed E-state index contributed by atoms with van der Waals surface area (Å²) in [5.41, 5.74) is 5.02. The predicted molar refractivity (Wildman–Crippen MR) is 68.0 cm³/mol. The number of phenols is 1. The third-order valence-corrected chi connectivity index (χ3v) is 3.31. The number of benzene rings is 2. The van der Waals surface area contributed by atoms with Crippen LogP contribution in [0.2, 0.25) is 0 Å². The average molecular weight is 225 g/mol. The van der Waals surface area contributed by atoms with E-state index in [9.17, 15) is 5.11 Å². The van der Waals surface area contributed by atoms with Gasteiger partial charge in [-0.25, -0.2) is 0 Å². The molecule has 0 fully saturated rings. The zero-order chi connectivity index (χ0) is 11.8. The summed E-state index contributed by atoms with van der Waals surface area (Å²) in [6, 6.07) is 14.4.